The van der Waals surface area contributed by atoms with E-state index in [1.807, 2.05) is 24.3 Å². The number of piperazine rings is 1. The molecule has 0 aromatic heterocycles. The first kappa shape index (κ1) is 18.9. The fourth-order valence-electron chi connectivity index (χ4n) is 3.51. The molecule has 2 aromatic rings. The number of ether oxygens (including phenoxy) is 3. The zero-order valence-corrected chi connectivity index (χ0v) is 16.7. The van der Waals surface area contributed by atoms with Crippen LogP contribution in [0.2, 0.25) is 0 Å². The van der Waals surface area contributed by atoms with E-state index in [4.69, 9.17) is 14.2 Å². The fraction of sp³-hybridized carbons (Fsp3) is 0.400. The van der Waals surface area contributed by atoms with Crippen molar-refractivity contribution in [2.75, 3.05) is 51.4 Å². The second-order valence-electron chi connectivity index (χ2n) is 6.72. The van der Waals surface area contributed by atoms with Gasteiger partial charge >= 0.3 is 0 Å². The van der Waals surface area contributed by atoms with Crippen LogP contribution in [0.5, 0.6) is 17.2 Å². The molecule has 0 unspecified atom stereocenters. The van der Waals surface area contributed by atoms with E-state index in [2.05, 4.69) is 4.90 Å². The van der Waals surface area contributed by atoms with Crippen molar-refractivity contribution in [2.24, 2.45) is 0 Å². The van der Waals surface area contributed by atoms with Crippen molar-refractivity contribution >= 4 is 15.7 Å². The van der Waals surface area contributed by atoms with Crippen molar-refractivity contribution in [3.63, 3.8) is 0 Å². The standard InChI is InChI=1S/C20H24N2O5S/c1-25-18-6-3-2-5-17(18)21-9-11-22(12-10-21)28(23,24)16-7-8-19-20(15-16)27-14-4-13-26-19/h2-3,5-8,15H,4,9-14H2,1H3. The van der Waals surface area contributed by atoms with Crippen molar-refractivity contribution in [2.45, 2.75) is 11.3 Å². The Bertz CT molecular complexity index is 939. The number of rotatable bonds is 4. The van der Waals surface area contributed by atoms with E-state index in [0.29, 0.717) is 50.9 Å². The molecular formula is C20H24N2O5S. The van der Waals surface area contributed by atoms with E-state index in [9.17, 15) is 8.42 Å². The first-order valence-corrected chi connectivity index (χ1v) is 10.8. The molecule has 0 bridgehead atoms. The predicted molar refractivity (Wildman–Crippen MR) is 106 cm³/mol. The van der Waals surface area contributed by atoms with Gasteiger partial charge in [0, 0.05) is 38.7 Å². The molecule has 150 valence electrons. The third-order valence-electron chi connectivity index (χ3n) is 5.02. The Morgan fingerprint density at radius 2 is 1.64 bits per heavy atom. The van der Waals surface area contributed by atoms with Gasteiger partial charge in [-0.15, -0.1) is 0 Å². The van der Waals surface area contributed by atoms with Crippen LogP contribution in [0.1, 0.15) is 6.42 Å². The maximum atomic E-state index is 13.1. The van der Waals surface area contributed by atoms with E-state index < -0.39 is 10.0 Å². The van der Waals surface area contributed by atoms with Gasteiger partial charge in [-0.3, -0.25) is 0 Å². The summed E-state index contributed by atoms with van der Waals surface area (Å²) in [6.07, 6.45) is 0.779. The number of fused-ring (bicyclic) bond motifs is 1. The lowest BCUT2D eigenvalue weighted by Gasteiger charge is -2.36. The van der Waals surface area contributed by atoms with Gasteiger partial charge in [0.25, 0.3) is 0 Å². The van der Waals surface area contributed by atoms with Crippen LogP contribution < -0.4 is 19.1 Å². The minimum atomic E-state index is -3.59. The molecule has 2 aromatic carbocycles. The van der Waals surface area contributed by atoms with Gasteiger partial charge in [-0.2, -0.15) is 4.31 Å². The number of hydrogen-bond acceptors (Lipinski definition) is 6. The molecule has 0 radical (unpaired) electrons. The van der Waals surface area contributed by atoms with Crippen LogP contribution in [0.25, 0.3) is 0 Å². The Kier molecular flexibility index (Phi) is 5.32. The smallest absolute Gasteiger partial charge is 0.243 e. The van der Waals surface area contributed by atoms with Crippen molar-refractivity contribution in [3.8, 4) is 17.2 Å². The molecule has 4 rings (SSSR count). The number of anilines is 1. The second-order valence-corrected chi connectivity index (χ2v) is 8.66. The molecule has 0 aliphatic carbocycles. The molecule has 8 heteroatoms. The number of methoxy groups -OCH3 is 1. The summed E-state index contributed by atoms with van der Waals surface area (Å²) in [6.45, 7) is 3.12. The zero-order valence-electron chi connectivity index (χ0n) is 15.8. The minimum Gasteiger partial charge on any atom is -0.495 e. The summed E-state index contributed by atoms with van der Waals surface area (Å²) >= 11 is 0. The number of para-hydroxylation sites is 2. The topological polar surface area (TPSA) is 68.3 Å². The van der Waals surface area contributed by atoms with Gasteiger partial charge in [-0.05, 0) is 24.3 Å². The quantitative estimate of drug-likeness (QED) is 0.779. The monoisotopic (exact) mass is 404 g/mol. The molecule has 0 atom stereocenters. The normalized spacial score (nSPS) is 17.8. The Morgan fingerprint density at radius 1 is 0.929 bits per heavy atom. The van der Waals surface area contributed by atoms with E-state index in [-0.39, 0.29) is 4.90 Å². The maximum absolute atomic E-state index is 13.1. The molecule has 28 heavy (non-hydrogen) atoms. The van der Waals surface area contributed by atoms with Gasteiger partial charge in [0.2, 0.25) is 10.0 Å². The van der Waals surface area contributed by atoms with Gasteiger partial charge in [0.05, 0.1) is 30.9 Å². The number of nitrogens with zero attached hydrogens (tertiary/aromatic N) is 2. The lowest BCUT2D eigenvalue weighted by molar-refractivity contribution is 0.296. The van der Waals surface area contributed by atoms with Crippen molar-refractivity contribution in [1.29, 1.82) is 0 Å². The number of hydrogen-bond donors (Lipinski definition) is 0. The Labute approximate surface area is 165 Å². The largest absolute Gasteiger partial charge is 0.495 e. The van der Waals surface area contributed by atoms with Gasteiger partial charge in [0.1, 0.15) is 5.75 Å². The van der Waals surface area contributed by atoms with Crippen molar-refractivity contribution in [1.82, 2.24) is 4.31 Å². The zero-order chi connectivity index (χ0) is 19.6. The summed E-state index contributed by atoms with van der Waals surface area (Å²) in [4.78, 5) is 2.39. The summed E-state index contributed by atoms with van der Waals surface area (Å²) in [5.74, 6) is 1.88. The second kappa shape index (κ2) is 7.89. The molecule has 7 nitrogen and oxygen atoms in total. The van der Waals surface area contributed by atoms with Crippen LogP contribution >= 0.6 is 0 Å². The third kappa shape index (κ3) is 3.62. The lowest BCUT2D eigenvalue weighted by Crippen LogP contribution is -2.48. The van der Waals surface area contributed by atoms with Crippen LogP contribution in [0.3, 0.4) is 0 Å². The average Bonchev–Trinajstić information content (AvgIpc) is 2.98. The molecule has 1 fully saturated rings. The SMILES string of the molecule is COc1ccccc1N1CCN(S(=O)(=O)c2ccc3c(c2)OCCCO3)CC1. The number of benzene rings is 2. The molecule has 0 amide bonds. The van der Waals surface area contributed by atoms with E-state index >= 15 is 0 Å². The van der Waals surface area contributed by atoms with Crippen molar-refractivity contribution in [3.05, 3.63) is 42.5 Å². The average molecular weight is 404 g/mol. The fourth-order valence-corrected chi connectivity index (χ4v) is 4.95. The van der Waals surface area contributed by atoms with Crippen LogP contribution in [0.4, 0.5) is 5.69 Å². The molecule has 2 aliphatic heterocycles. The van der Waals surface area contributed by atoms with E-state index in [0.717, 1.165) is 17.9 Å². The summed E-state index contributed by atoms with van der Waals surface area (Å²) in [7, 11) is -1.95. The minimum absolute atomic E-state index is 0.238. The Morgan fingerprint density at radius 3 is 2.39 bits per heavy atom. The van der Waals surface area contributed by atoms with Crippen LogP contribution in [0, 0.1) is 0 Å². The number of sulfonamides is 1. The van der Waals surface area contributed by atoms with Gasteiger partial charge in [-0.1, -0.05) is 12.1 Å². The summed E-state index contributed by atoms with van der Waals surface area (Å²) in [6, 6.07) is 12.6. The van der Waals surface area contributed by atoms with Gasteiger partial charge < -0.3 is 19.1 Å². The van der Waals surface area contributed by atoms with Crippen LogP contribution in [-0.2, 0) is 10.0 Å². The van der Waals surface area contributed by atoms with Gasteiger partial charge in [0.15, 0.2) is 11.5 Å². The molecule has 0 saturated carbocycles. The highest BCUT2D eigenvalue weighted by molar-refractivity contribution is 7.89. The van der Waals surface area contributed by atoms with E-state index in [1.165, 1.54) is 4.31 Å². The summed E-state index contributed by atoms with van der Waals surface area (Å²) < 4.78 is 44.4. The highest BCUT2D eigenvalue weighted by atomic mass is 32.2. The highest BCUT2D eigenvalue weighted by Crippen LogP contribution is 2.34. The highest BCUT2D eigenvalue weighted by Gasteiger charge is 2.30. The summed E-state index contributed by atoms with van der Waals surface area (Å²) in [5.41, 5.74) is 0.984. The molecular weight excluding hydrogens is 380 g/mol. The Balaban J connectivity index is 1.50. The summed E-state index contributed by atoms with van der Waals surface area (Å²) in [5, 5.41) is 0. The Hall–Kier alpha value is -2.45. The molecule has 2 aliphatic rings. The maximum Gasteiger partial charge on any atom is 0.243 e. The van der Waals surface area contributed by atoms with Crippen molar-refractivity contribution < 1.29 is 22.6 Å². The molecule has 2 heterocycles. The van der Waals surface area contributed by atoms with Crippen LogP contribution in [0.15, 0.2) is 47.4 Å². The first-order valence-electron chi connectivity index (χ1n) is 9.37. The third-order valence-corrected chi connectivity index (χ3v) is 6.92. The molecule has 1 saturated heterocycles. The predicted octanol–water partition coefficient (Wildman–Crippen LogP) is 2.37. The van der Waals surface area contributed by atoms with Gasteiger partial charge in [-0.25, -0.2) is 8.42 Å². The molecule has 0 spiro atoms. The van der Waals surface area contributed by atoms with Crippen LogP contribution in [-0.4, -0.2) is 59.2 Å². The van der Waals surface area contributed by atoms with E-state index in [1.54, 1.807) is 25.3 Å². The first-order chi connectivity index (χ1) is 13.6. The molecule has 0 N–H and O–H groups in total. The lowest BCUT2D eigenvalue weighted by atomic mass is 10.2.